The number of nitrogens with zero attached hydrogens (tertiary/aromatic N) is 3. The van der Waals surface area contributed by atoms with Crippen LogP contribution < -0.4 is 5.32 Å². The van der Waals surface area contributed by atoms with E-state index in [2.05, 4.69) is 31.2 Å². The number of amides is 1. The molecule has 7 heteroatoms. The monoisotopic (exact) mass is 470 g/mol. The average molecular weight is 471 g/mol. The minimum absolute atomic E-state index is 0.231. The summed E-state index contributed by atoms with van der Waals surface area (Å²) in [6, 6.07) is 11.5. The second-order valence-corrected chi connectivity index (χ2v) is 8.69. The van der Waals surface area contributed by atoms with Crippen LogP contribution in [0.25, 0.3) is 0 Å². The van der Waals surface area contributed by atoms with Crippen molar-refractivity contribution in [1.29, 1.82) is 0 Å². The molecule has 1 aliphatic rings. The first-order valence-corrected chi connectivity index (χ1v) is 11.2. The van der Waals surface area contributed by atoms with E-state index >= 15 is 0 Å². The van der Waals surface area contributed by atoms with Gasteiger partial charge in [0.2, 0.25) is 0 Å². The van der Waals surface area contributed by atoms with Gasteiger partial charge in [-0.1, -0.05) is 18.6 Å². The summed E-state index contributed by atoms with van der Waals surface area (Å²) in [6.07, 6.45) is 3.77. The number of benzene rings is 1. The van der Waals surface area contributed by atoms with Gasteiger partial charge >= 0.3 is 0 Å². The van der Waals surface area contributed by atoms with Crippen LogP contribution >= 0.6 is 15.9 Å². The standard InChI is InChI=1S/C23H27BrN4O2/c1-16-22(24)17(2)28(26-16)14-18-7-6-8-19(13-18)25-23(29)21-10-9-20(30-21)15-27-11-4-3-5-12-27/h6-10,13H,3-5,11-12,14-15H2,1-2H3,(H,25,29). The molecule has 4 rings (SSSR count). The van der Waals surface area contributed by atoms with E-state index in [9.17, 15) is 4.79 Å². The maximum atomic E-state index is 12.6. The number of aryl methyl sites for hydroxylation is 1. The van der Waals surface area contributed by atoms with Crippen molar-refractivity contribution < 1.29 is 9.21 Å². The largest absolute Gasteiger partial charge is 0.455 e. The molecular weight excluding hydrogens is 444 g/mol. The number of furan rings is 1. The molecule has 0 unspecified atom stereocenters. The number of carbonyl (C=O) groups is 1. The number of carbonyl (C=O) groups excluding carboxylic acids is 1. The summed E-state index contributed by atoms with van der Waals surface area (Å²) in [5.74, 6) is 0.951. The fraction of sp³-hybridized carbons (Fsp3) is 0.391. The molecule has 6 nitrogen and oxygen atoms in total. The number of piperidine rings is 1. The van der Waals surface area contributed by atoms with Gasteiger partial charge in [0.15, 0.2) is 5.76 Å². The molecule has 2 aromatic heterocycles. The zero-order chi connectivity index (χ0) is 21.1. The van der Waals surface area contributed by atoms with Gasteiger partial charge in [-0.05, 0) is 85.5 Å². The van der Waals surface area contributed by atoms with Gasteiger partial charge in [-0.3, -0.25) is 14.4 Å². The molecule has 0 aliphatic carbocycles. The minimum atomic E-state index is -0.231. The van der Waals surface area contributed by atoms with Gasteiger partial charge in [-0.2, -0.15) is 5.10 Å². The predicted molar refractivity (Wildman–Crippen MR) is 121 cm³/mol. The summed E-state index contributed by atoms with van der Waals surface area (Å²) in [5, 5.41) is 7.50. The molecule has 158 valence electrons. The second kappa shape index (κ2) is 9.18. The van der Waals surface area contributed by atoms with Gasteiger partial charge < -0.3 is 9.73 Å². The van der Waals surface area contributed by atoms with Crippen molar-refractivity contribution in [3.8, 4) is 0 Å². The van der Waals surface area contributed by atoms with Crippen molar-refractivity contribution in [2.45, 2.75) is 46.2 Å². The van der Waals surface area contributed by atoms with Crippen LogP contribution in [0.15, 0.2) is 45.3 Å². The highest BCUT2D eigenvalue weighted by Crippen LogP contribution is 2.22. The molecule has 0 bridgehead atoms. The number of nitrogens with one attached hydrogen (secondary N) is 1. The summed E-state index contributed by atoms with van der Waals surface area (Å²) >= 11 is 3.57. The highest BCUT2D eigenvalue weighted by atomic mass is 79.9. The Morgan fingerprint density at radius 2 is 1.93 bits per heavy atom. The van der Waals surface area contributed by atoms with Crippen molar-refractivity contribution in [1.82, 2.24) is 14.7 Å². The zero-order valence-corrected chi connectivity index (χ0v) is 19.0. The summed E-state index contributed by atoms with van der Waals surface area (Å²) in [6.45, 7) is 7.62. The highest BCUT2D eigenvalue weighted by molar-refractivity contribution is 9.10. The number of hydrogen-bond donors (Lipinski definition) is 1. The third-order valence-electron chi connectivity index (χ3n) is 5.52. The van der Waals surface area contributed by atoms with Gasteiger partial charge in [-0.15, -0.1) is 0 Å². The molecule has 30 heavy (non-hydrogen) atoms. The molecule has 3 aromatic rings. The fourth-order valence-electron chi connectivity index (χ4n) is 3.86. The lowest BCUT2D eigenvalue weighted by molar-refractivity contribution is 0.0992. The summed E-state index contributed by atoms with van der Waals surface area (Å²) < 4.78 is 8.80. The van der Waals surface area contributed by atoms with Crippen LogP contribution in [0.3, 0.4) is 0 Å². The molecule has 0 saturated carbocycles. The molecule has 0 radical (unpaired) electrons. The quantitative estimate of drug-likeness (QED) is 0.541. The normalized spacial score (nSPS) is 14.8. The summed E-state index contributed by atoms with van der Waals surface area (Å²) in [4.78, 5) is 15.0. The van der Waals surface area contributed by atoms with E-state index in [4.69, 9.17) is 4.42 Å². The Kier molecular flexibility index (Phi) is 6.39. The Morgan fingerprint density at radius 1 is 1.13 bits per heavy atom. The average Bonchev–Trinajstić information content (AvgIpc) is 3.30. The van der Waals surface area contributed by atoms with Gasteiger partial charge in [0.1, 0.15) is 5.76 Å². The molecule has 1 aliphatic heterocycles. The van der Waals surface area contributed by atoms with Crippen molar-refractivity contribution in [2.75, 3.05) is 18.4 Å². The summed E-state index contributed by atoms with van der Waals surface area (Å²) in [5.41, 5.74) is 3.86. The van der Waals surface area contributed by atoms with Gasteiger partial charge in [0, 0.05) is 5.69 Å². The van der Waals surface area contributed by atoms with Crippen LogP contribution in [0.5, 0.6) is 0 Å². The van der Waals surface area contributed by atoms with Gasteiger partial charge in [-0.25, -0.2) is 0 Å². The van der Waals surface area contributed by atoms with Crippen molar-refractivity contribution in [3.05, 3.63) is 69.3 Å². The van der Waals surface area contributed by atoms with Crippen molar-refractivity contribution in [2.24, 2.45) is 0 Å². The maximum Gasteiger partial charge on any atom is 0.291 e. The number of likely N-dealkylation sites (tertiary alicyclic amines) is 1. The Balaban J connectivity index is 1.40. The molecule has 1 aromatic carbocycles. The van der Waals surface area contributed by atoms with Crippen LogP contribution in [0, 0.1) is 13.8 Å². The number of rotatable bonds is 6. The number of anilines is 1. The maximum absolute atomic E-state index is 12.6. The molecular formula is C23H27BrN4O2. The van der Waals surface area contributed by atoms with E-state index in [1.807, 2.05) is 48.9 Å². The SMILES string of the molecule is Cc1nn(Cc2cccc(NC(=O)c3ccc(CN4CCCCC4)o3)c2)c(C)c1Br. The predicted octanol–water partition coefficient (Wildman–Crippen LogP) is 5.14. The van der Waals surface area contributed by atoms with Crippen LogP contribution in [0.2, 0.25) is 0 Å². The summed E-state index contributed by atoms with van der Waals surface area (Å²) in [7, 11) is 0. The van der Waals surface area contributed by atoms with E-state index in [-0.39, 0.29) is 5.91 Å². The molecule has 0 spiro atoms. The van der Waals surface area contributed by atoms with E-state index in [0.29, 0.717) is 12.3 Å². The Hall–Kier alpha value is -2.38. The molecule has 1 N–H and O–H groups in total. The van der Waals surface area contributed by atoms with Crippen LogP contribution in [0.1, 0.15) is 52.5 Å². The van der Waals surface area contributed by atoms with Crippen LogP contribution in [-0.2, 0) is 13.1 Å². The zero-order valence-electron chi connectivity index (χ0n) is 17.4. The molecule has 1 fully saturated rings. The number of aromatic nitrogens is 2. The lowest BCUT2D eigenvalue weighted by Crippen LogP contribution is -2.28. The third kappa shape index (κ3) is 4.84. The first-order chi connectivity index (χ1) is 14.5. The third-order valence-corrected chi connectivity index (χ3v) is 6.67. The minimum Gasteiger partial charge on any atom is -0.455 e. The lowest BCUT2D eigenvalue weighted by atomic mass is 10.1. The smallest absolute Gasteiger partial charge is 0.291 e. The van der Waals surface area contributed by atoms with E-state index in [0.717, 1.165) is 52.5 Å². The first-order valence-electron chi connectivity index (χ1n) is 10.4. The highest BCUT2D eigenvalue weighted by Gasteiger charge is 2.16. The van der Waals surface area contributed by atoms with E-state index in [1.54, 1.807) is 6.07 Å². The van der Waals surface area contributed by atoms with Crippen LogP contribution in [0.4, 0.5) is 5.69 Å². The Bertz CT molecular complexity index is 1030. The number of hydrogen-bond acceptors (Lipinski definition) is 4. The van der Waals surface area contributed by atoms with E-state index < -0.39 is 0 Å². The number of halogens is 1. The topological polar surface area (TPSA) is 63.3 Å². The second-order valence-electron chi connectivity index (χ2n) is 7.90. The molecule has 1 saturated heterocycles. The van der Waals surface area contributed by atoms with Crippen molar-refractivity contribution >= 4 is 27.5 Å². The fourth-order valence-corrected chi connectivity index (χ4v) is 4.15. The molecule has 3 heterocycles. The Labute approximate surface area is 185 Å². The molecule has 1 amide bonds. The van der Waals surface area contributed by atoms with Crippen LogP contribution in [-0.4, -0.2) is 33.7 Å². The van der Waals surface area contributed by atoms with Gasteiger partial charge in [0.05, 0.1) is 29.0 Å². The Morgan fingerprint density at radius 3 is 2.67 bits per heavy atom. The first kappa shape index (κ1) is 20.9. The lowest BCUT2D eigenvalue weighted by Gasteiger charge is -2.25. The van der Waals surface area contributed by atoms with E-state index in [1.165, 1.54) is 19.3 Å². The van der Waals surface area contributed by atoms with Gasteiger partial charge in [0.25, 0.3) is 5.91 Å². The molecule has 0 atom stereocenters. The van der Waals surface area contributed by atoms with Crippen molar-refractivity contribution in [3.63, 3.8) is 0 Å².